The van der Waals surface area contributed by atoms with E-state index in [4.69, 9.17) is 0 Å². The molecule has 0 spiro atoms. The third-order valence-corrected chi connectivity index (χ3v) is 4.24. The summed E-state index contributed by atoms with van der Waals surface area (Å²) in [6.45, 7) is 5.92. The van der Waals surface area contributed by atoms with E-state index >= 15 is 0 Å². The highest BCUT2D eigenvalue weighted by Gasteiger charge is 2.30. The predicted molar refractivity (Wildman–Crippen MR) is 66.4 cm³/mol. The maximum Gasteiger partial charge on any atom is 0.225 e. The van der Waals surface area contributed by atoms with Gasteiger partial charge in [0, 0.05) is 11.4 Å². The standard InChI is InChI=1S/C12H18N2OS/c1-8-6-13-7-10(8)12(15)14-9(2)11-4-3-5-16-11/h3-5,8-10,13H,6-7H2,1-2H3,(H,14,15)/t8?,9-,10?/m1/s1. The number of thiophene rings is 1. The highest BCUT2D eigenvalue weighted by molar-refractivity contribution is 7.10. The van der Waals surface area contributed by atoms with Gasteiger partial charge in [-0.05, 0) is 30.8 Å². The van der Waals surface area contributed by atoms with Gasteiger partial charge in [0.1, 0.15) is 0 Å². The molecule has 1 aliphatic heterocycles. The zero-order valence-electron chi connectivity index (χ0n) is 9.69. The summed E-state index contributed by atoms with van der Waals surface area (Å²) in [7, 11) is 0. The van der Waals surface area contributed by atoms with Crippen molar-refractivity contribution in [2.45, 2.75) is 19.9 Å². The lowest BCUT2D eigenvalue weighted by atomic mass is 9.97. The summed E-state index contributed by atoms with van der Waals surface area (Å²) >= 11 is 1.69. The first-order valence-corrected chi connectivity index (χ1v) is 6.61. The van der Waals surface area contributed by atoms with Gasteiger partial charge in [0.05, 0.1) is 12.0 Å². The summed E-state index contributed by atoms with van der Waals surface area (Å²) in [4.78, 5) is 13.2. The van der Waals surface area contributed by atoms with Crippen molar-refractivity contribution in [2.24, 2.45) is 11.8 Å². The quantitative estimate of drug-likeness (QED) is 0.843. The van der Waals surface area contributed by atoms with E-state index in [2.05, 4.69) is 23.6 Å². The van der Waals surface area contributed by atoms with Crippen molar-refractivity contribution >= 4 is 17.2 Å². The molecule has 2 N–H and O–H groups in total. The Morgan fingerprint density at radius 1 is 1.62 bits per heavy atom. The molecule has 1 amide bonds. The van der Waals surface area contributed by atoms with Crippen LogP contribution in [0.15, 0.2) is 17.5 Å². The molecule has 0 radical (unpaired) electrons. The minimum Gasteiger partial charge on any atom is -0.348 e. The maximum absolute atomic E-state index is 12.0. The Labute approximate surface area is 100 Å². The zero-order chi connectivity index (χ0) is 11.5. The van der Waals surface area contributed by atoms with Gasteiger partial charge >= 0.3 is 0 Å². The third-order valence-electron chi connectivity index (χ3n) is 3.18. The first-order valence-electron chi connectivity index (χ1n) is 5.73. The molecular formula is C12H18N2OS. The lowest BCUT2D eigenvalue weighted by molar-refractivity contribution is -0.126. The fourth-order valence-electron chi connectivity index (χ4n) is 2.09. The smallest absolute Gasteiger partial charge is 0.225 e. The molecule has 0 bridgehead atoms. The second-order valence-electron chi connectivity index (χ2n) is 4.49. The molecule has 16 heavy (non-hydrogen) atoms. The van der Waals surface area contributed by atoms with Crippen LogP contribution in [0.2, 0.25) is 0 Å². The van der Waals surface area contributed by atoms with Gasteiger partial charge in [0.2, 0.25) is 5.91 Å². The average molecular weight is 238 g/mol. The molecule has 1 saturated heterocycles. The Hall–Kier alpha value is -0.870. The molecule has 1 fully saturated rings. The summed E-state index contributed by atoms with van der Waals surface area (Å²) in [6.07, 6.45) is 0. The lowest BCUT2D eigenvalue weighted by Gasteiger charge is -2.18. The minimum atomic E-state index is 0.125. The van der Waals surface area contributed by atoms with Crippen molar-refractivity contribution in [1.82, 2.24) is 10.6 Å². The number of carbonyl (C=O) groups excluding carboxylic acids is 1. The molecule has 2 rings (SSSR count). The van der Waals surface area contributed by atoms with E-state index in [0.29, 0.717) is 5.92 Å². The van der Waals surface area contributed by atoms with Gasteiger partial charge < -0.3 is 10.6 Å². The lowest BCUT2D eigenvalue weighted by Crippen LogP contribution is -2.35. The summed E-state index contributed by atoms with van der Waals surface area (Å²) in [5.74, 6) is 0.747. The highest BCUT2D eigenvalue weighted by atomic mass is 32.1. The van der Waals surface area contributed by atoms with Crippen LogP contribution in [-0.4, -0.2) is 19.0 Å². The molecule has 88 valence electrons. The van der Waals surface area contributed by atoms with Gasteiger partial charge in [-0.3, -0.25) is 4.79 Å². The first kappa shape index (κ1) is 11.6. The molecule has 0 saturated carbocycles. The minimum absolute atomic E-state index is 0.125. The molecule has 3 atom stereocenters. The van der Waals surface area contributed by atoms with E-state index in [0.717, 1.165) is 13.1 Å². The Balaban J connectivity index is 1.92. The van der Waals surface area contributed by atoms with Crippen molar-refractivity contribution in [2.75, 3.05) is 13.1 Å². The van der Waals surface area contributed by atoms with Crippen molar-refractivity contribution < 1.29 is 4.79 Å². The zero-order valence-corrected chi connectivity index (χ0v) is 10.5. The number of rotatable bonds is 3. The molecule has 2 unspecified atom stereocenters. The number of carbonyl (C=O) groups is 1. The first-order chi connectivity index (χ1) is 7.68. The summed E-state index contributed by atoms with van der Waals surface area (Å²) in [6, 6.07) is 4.20. The molecule has 1 aromatic heterocycles. The monoisotopic (exact) mass is 238 g/mol. The SMILES string of the molecule is CC1CNCC1C(=O)N[C@H](C)c1cccs1. The Morgan fingerprint density at radius 3 is 3.00 bits per heavy atom. The van der Waals surface area contributed by atoms with E-state index < -0.39 is 0 Å². The molecular weight excluding hydrogens is 220 g/mol. The second kappa shape index (κ2) is 4.97. The number of hydrogen-bond acceptors (Lipinski definition) is 3. The van der Waals surface area contributed by atoms with Crippen LogP contribution < -0.4 is 10.6 Å². The second-order valence-corrected chi connectivity index (χ2v) is 5.47. The summed E-state index contributed by atoms with van der Waals surface area (Å²) < 4.78 is 0. The van der Waals surface area contributed by atoms with Crippen LogP contribution in [0.1, 0.15) is 24.8 Å². The molecule has 1 aromatic rings. The number of nitrogens with one attached hydrogen (secondary N) is 2. The molecule has 1 aliphatic rings. The number of amides is 1. The van der Waals surface area contributed by atoms with Gasteiger partial charge in [-0.25, -0.2) is 0 Å². The Kier molecular flexibility index (Phi) is 3.61. The topological polar surface area (TPSA) is 41.1 Å². The van der Waals surface area contributed by atoms with E-state index in [1.807, 2.05) is 18.4 Å². The van der Waals surface area contributed by atoms with Gasteiger partial charge in [0.25, 0.3) is 0 Å². The fraction of sp³-hybridized carbons (Fsp3) is 0.583. The van der Waals surface area contributed by atoms with Crippen LogP contribution >= 0.6 is 11.3 Å². The van der Waals surface area contributed by atoms with Crippen LogP contribution in [0.25, 0.3) is 0 Å². The Morgan fingerprint density at radius 2 is 2.44 bits per heavy atom. The Bertz CT molecular complexity index is 350. The van der Waals surface area contributed by atoms with Crippen molar-refractivity contribution in [1.29, 1.82) is 0 Å². The van der Waals surface area contributed by atoms with Gasteiger partial charge in [0.15, 0.2) is 0 Å². The van der Waals surface area contributed by atoms with E-state index in [1.54, 1.807) is 11.3 Å². The summed E-state index contributed by atoms with van der Waals surface area (Å²) in [5, 5.41) is 8.38. The molecule has 0 aromatic carbocycles. The van der Waals surface area contributed by atoms with E-state index in [9.17, 15) is 4.79 Å². The van der Waals surface area contributed by atoms with Crippen LogP contribution in [0.5, 0.6) is 0 Å². The van der Waals surface area contributed by atoms with E-state index in [1.165, 1.54) is 4.88 Å². The van der Waals surface area contributed by atoms with Crippen LogP contribution in [0.3, 0.4) is 0 Å². The third kappa shape index (κ3) is 2.44. The number of hydrogen-bond donors (Lipinski definition) is 2. The van der Waals surface area contributed by atoms with Gasteiger partial charge in [-0.2, -0.15) is 0 Å². The van der Waals surface area contributed by atoms with Crippen molar-refractivity contribution in [3.63, 3.8) is 0 Å². The maximum atomic E-state index is 12.0. The largest absolute Gasteiger partial charge is 0.348 e. The van der Waals surface area contributed by atoms with Crippen molar-refractivity contribution in [3.8, 4) is 0 Å². The van der Waals surface area contributed by atoms with Crippen molar-refractivity contribution in [3.05, 3.63) is 22.4 Å². The van der Waals surface area contributed by atoms with Gasteiger partial charge in [-0.1, -0.05) is 13.0 Å². The van der Waals surface area contributed by atoms with Crippen LogP contribution in [0.4, 0.5) is 0 Å². The summed E-state index contributed by atoms with van der Waals surface area (Å²) in [5.41, 5.74) is 0. The molecule has 3 nitrogen and oxygen atoms in total. The molecule has 4 heteroatoms. The van der Waals surface area contributed by atoms with Crippen LogP contribution in [-0.2, 0) is 4.79 Å². The predicted octanol–water partition coefficient (Wildman–Crippen LogP) is 1.78. The van der Waals surface area contributed by atoms with Gasteiger partial charge in [-0.15, -0.1) is 11.3 Å². The highest BCUT2D eigenvalue weighted by Crippen LogP contribution is 2.21. The molecule has 0 aliphatic carbocycles. The normalized spacial score (nSPS) is 26.6. The molecule has 2 heterocycles. The fourth-order valence-corrected chi connectivity index (χ4v) is 2.82. The average Bonchev–Trinajstić information content (AvgIpc) is 2.86. The van der Waals surface area contributed by atoms with Crippen LogP contribution in [0, 0.1) is 11.8 Å². The van der Waals surface area contributed by atoms with E-state index in [-0.39, 0.29) is 17.9 Å².